The molecule has 190 valence electrons. The third-order valence-electron chi connectivity index (χ3n) is 8.94. The van der Waals surface area contributed by atoms with Crippen molar-refractivity contribution in [2.24, 2.45) is 29.6 Å². The van der Waals surface area contributed by atoms with Gasteiger partial charge in [-0.15, -0.1) is 11.6 Å². The van der Waals surface area contributed by atoms with Gasteiger partial charge in [0.15, 0.2) is 5.60 Å². The van der Waals surface area contributed by atoms with Gasteiger partial charge in [0, 0.05) is 29.0 Å². The van der Waals surface area contributed by atoms with E-state index in [2.05, 4.69) is 30.6 Å². The van der Waals surface area contributed by atoms with Crippen molar-refractivity contribution in [2.45, 2.75) is 107 Å². The first-order valence-corrected chi connectivity index (χ1v) is 14.4. The average molecular weight is 495 g/mol. The number of alkyl halides is 1. The van der Waals surface area contributed by atoms with Gasteiger partial charge >= 0.3 is 0 Å². The van der Waals surface area contributed by atoms with Crippen LogP contribution in [0.15, 0.2) is 30.3 Å². The lowest BCUT2D eigenvalue weighted by Gasteiger charge is -2.39. The first-order valence-electron chi connectivity index (χ1n) is 14.0. The maximum Gasteiger partial charge on any atom is 0.153 e. The van der Waals surface area contributed by atoms with Crippen molar-refractivity contribution in [3.05, 3.63) is 35.9 Å². The van der Waals surface area contributed by atoms with Crippen molar-refractivity contribution in [3.8, 4) is 23.7 Å². The van der Waals surface area contributed by atoms with E-state index in [1.54, 1.807) is 0 Å². The smallest absolute Gasteiger partial charge is 0.153 e. The highest BCUT2D eigenvalue weighted by Gasteiger charge is 2.41. The minimum absolute atomic E-state index is 0.0101. The lowest BCUT2D eigenvalue weighted by atomic mass is 9.68. The van der Waals surface area contributed by atoms with Crippen LogP contribution < -0.4 is 0 Å². The van der Waals surface area contributed by atoms with Gasteiger partial charge < -0.3 is 10.2 Å². The summed E-state index contributed by atoms with van der Waals surface area (Å²) in [6, 6.07) is 10.1. The molecule has 35 heavy (non-hydrogen) atoms. The first kappa shape index (κ1) is 26.6. The van der Waals surface area contributed by atoms with Crippen molar-refractivity contribution in [2.75, 3.05) is 0 Å². The summed E-state index contributed by atoms with van der Waals surface area (Å²) < 4.78 is 0. The number of rotatable bonds is 3. The maximum absolute atomic E-state index is 12.0. The highest BCUT2D eigenvalue weighted by molar-refractivity contribution is 6.20. The minimum atomic E-state index is -1.10. The second kappa shape index (κ2) is 11.7. The molecular weight excluding hydrogens is 452 g/mol. The first-order chi connectivity index (χ1) is 16.8. The van der Waals surface area contributed by atoms with Crippen LogP contribution in [-0.2, 0) is 5.60 Å². The zero-order chi connectivity index (χ0) is 24.9. The summed E-state index contributed by atoms with van der Waals surface area (Å²) >= 11 is 6.55. The Kier molecular flexibility index (Phi) is 8.92. The standard InChI is InChI=1S/C32H43ClO2/c1-24-11-6-7-16-28(24)32(35,27-14-4-3-5-15-27)22-20-26-13-10-12-25(23-26)19-21-31(2,34)29-17-8-9-18-30(29)33/h3-5,14-15,24-26,28-30,34-35H,6-13,16-18,23H2,1-2H3. The molecule has 2 nitrogen and oxygen atoms in total. The summed E-state index contributed by atoms with van der Waals surface area (Å²) in [5.74, 6) is 14.7. The van der Waals surface area contributed by atoms with E-state index < -0.39 is 11.2 Å². The predicted octanol–water partition coefficient (Wildman–Crippen LogP) is 7.06. The maximum atomic E-state index is 12.0. The molecule has 8 unspecified atom stereocenters. The molecule has 3 saturated carbocycles. The van der Waals surface area contributed by atoms with Crippen LogP contribution in [0.25, 0.3) is 0 Å². The molecule has 0 heterocycles. The van der Waals surface area contributed by atoms with Crippen LogP contribution in [0.1, 0.15) is 96.5 Å². The van der Waals surface area contributed by atoms with Crippen molar-refractivity contribution in [1.82, 2.24) is 0 Å². The molecule has 1 aromatic carbocycles. The van der Waals surface area contributed by atoms with Crippen LogP contribution in [0.3, 0.4) is 0 Å². The van der Waals surface area contributed by atoms with Gasteiger partial charge in [-0.05, 0) is 56.9 Å². The minimum Gasteiger partial charge on any atom is -0.378 e. The van der Waals surface area contributed by atoms with Crippen LogP contribution in [-0.4, -0.2) is 21.2 Å². The monoisotopic (exact) mass is 494 g/mol. The molecule has 3 fully saturated rings. The molecule has 8 atom stereocenters. The SMILES string of the molecule is CC1CCCCC1C(O)(C#CC1CCCC(C#CC(C)(O)C2CCCCC2Cl)C1)c1ccccc1. The van der Waals surface area contributed by atoms with Gasteiger partial charge in [0.05, 0.1) is 0 Å². The molecular formula is C32H43ClO2. The Bertz CT molecular complexity index is 949. The molecule has 0 radical (unpaired) electrons. The molecule has 0 amide bonds. The normalized spacial score (nSPS) is 34.8. The second-order valence-corrected chi connectivity index (χ2v) is 12.2. The van der Waals surface area contributed by atoms with Crippen molar-refractivity contribution >= 4 is 11.6 Å². The Morgan fingerprint density at radius 2 is 1.37 bits per heavy atom. The molecule has 2 N–H and O–H groups in total. The molecule has 0 aliphatic heterocycles. The predicted molar refractivity (Wildman–Crippen MR) is 145 cm³/mol. The fourth-order valence-corrected chi connectivity index (χ4v) is 7.26. The van der Waals surface area contributed by atoms with Crippen LogP contribution in [0, 0.1) is 53.3 Å². The molecule has 3 aliphatic rings. The molecule has 4 rings (SSSR count). The Hall–Kier alpha value is -1.45. The molecule has 0 saturated heterocycles. The van der Waals surface area contributed by atoms with E-state index >= 15 is 0 Å². The fourth-order valence-electron chi connectivity index (χ4n) is 6.73. The Morgan fingerprint density at radius 3 is 2.03 bits per heavy atom. The number of halogens is 1. The van der Waals surface area contributed by atoms with Crippen LogP contribution in [0.2, 0.25) is 0 Å². The summed E-state index contributed by atoms with van der Waals surface area (Å²) in [4.78, 5) is 0. The zero-order valence-corrected chi connectivity index (χ0v) is 22.4. The van der Waals surface area contributed by atoms with E-state index in [9.17, 15) is 10.2 Å². The number of hydrogen-bond donors (Lipinski definition) is 2. The third kappa shape index (κ3) is 6.46. The van der Waals surface area contributed by atoms with E-state index in [0.717, 1.165) is 76.2 Å². The van der Waals surface area contributed by atoms with Gasteiger partial charge in [0.2, 0.25) is 0 Å². The van der Waals surface area contributed by atoms with Crippen LogP contribution in [0.4, 0.5) is 0 Å². The number of hydrogen-bond acceptors (Lipinski definition) is 2. The second-order valence-electron chi connectivity index (χ2n) is 11.7. The Labute approximate surface area is 218 Å². The van der Waals surface area contributed by atoms with Crippen LogP contribution in [0.5, 0.6) is 0 Å². The Balaban J connectivity index is 1.50. The van der Waals surface area contributed by atoms with Gasteiger partial charge in [0.1, 0.15) is 5.60 Å². The lowest BCUT2D eigenvalue weighted by molar-refractivity contribution is -0.00985. The molecule has 1 aromatic rings. The van der Waals surface area contributed by atoms with Crippen molar-refractivity contribution in [3.63, 3.8) is 0 Å². The van der Waals surface area contributed by atoms with Gasteiger partial charge in [-0.25, -0.2) is 0 Å². The quantitative estimate of drug-likeness (QED) is 0.348. The van der Waals surface area contributed by atoms with E-state index in [4.69, 9.17) is 11.6 Å². The molecule has 0 aromatic heterocycles. The molecule has 0 spiro atoms. The summed E-state index contributed by atoms with van der Waals surface area (Å²) in [5.41, 5.74) is -1.20. The highest BCUT2D eigenvalue weighted by Crippen LogP contribution is 2.43. The number of benzene rings is 1. The largest absolute Gasteiger partial charge is 0.378 e. The van der Waals surface area contributed by atoms with E-state index in [0.29, 0.717) is 5.92 Å². The molecule has 3 aliphatic carbocycles. The van der Waals surface area contributed by atoms with Crippen molar-refractivity contribution < 1.29 is 10.2 Å². The third-order valence-corrected chi connectivity index (χ3v) is 9.46. The highest BCUT2D eigenvalue weighted by atomic mass is 35.5. The average Bonchev–Trinajstić information content (AvgIpc) is 2.87. The van der Waals surface area contributed by atoms with Gasteiger partial charge in [-0.1, -0.05) is 99.5 Å². The topological polar surface area (TPSA) is 40.5 Å². The van der Waals surface area contributed by atoms with E-state index in [1.165, 1.54) is 6.42 Å². The van der Waals surface area contributed by atoms with Crippen molar-refractivity contribution in [1.29, 1.82) is 0 Å². The lowest BCUT2D eigenvalue weighted by Crippen LogP contribution is -2.40. The van der Waals surface area contributed by atoms with Gasteiger partial charge in [-0.3, -0.25) is 0 Å². The summed E-state index contributed by atoms with van der Waals surface area (Å²) in [5, 5.41) is 23.1. The van der Waals surface area contributed by atoms with Crippen LogP contribution >= 0.6 is 11.6 Å². The van der Waals surface area contributed by atoms with Gasteiger partial charge in [0.25, 0.3) is 0 Å². The van der Waals surface area contributed by atoms with E-state index in [1.807, 2.05) is 37.3 Å². The Morgan fingerprint density at radius 1 is 0.771 bits per heavy atom. The van der Waals surface area contributed by atoms with E-state index in [-0.39, 0.29) is 29.0 Å². The zero-order valence-electron chi connectivity index (χ0n) is 21.6. The number of aliphatic hydroxyl groups is 2. The summed E-state index contributed by atoms with van der Waals surface area (Å²) in [7, 11) is 0. The van der Waals surface area contributed by atoms with Gasteiger partial charge in [-0.2, -0.15) is 0 Å². The fraction of sp³-hybridized carbons (Fsp3) is 0.688. The molecule has 0 bridgehead atoms. The summed E-state index contributed by atoms with van der Waals surface area (Å²) in [6.07, 6.45) is 12.9. The summed E-state index contributed by atoms with van der Waals surface area (Å²) in [6.45, 7) is 4.12. The molecule has 3 heteroatoms.